The Bertz CT molecular complexity index is 1730. The number of halogens is 1. The van der Waals surface area contributed by atoms with Crippen molar-refractivity contribution in [3.05, 3.63) is 86.8 Å². The van der Waals surface area contributed by atoms with Crippen molar-refractivity contribution in [3.8, 4) is 0 Å². The van der Waals surface area contributed by atoms with Crippen molar-refractivity contribution in [1.29, 1.82) is 0 Å². The van der Waals surface area contributed by atoms with Crippen LogP contribution in [0.1, 0.15) is 67.2 Å². The Morgan fingerprint density at radius 1 is 1.24 bits per heavy atom. The summed E-state index contributed by atoms with van der Waals surface area (Å²) in [5.41, 5.74) is 1.49. The molecule has 0 bridgehead atoms. The number of fused-ring (bicyclic) bond motifs is 2. The first-order chi connectivity index (χ1) is 18.0. The third kappa shape index (κ3) is 4.67. The molecule has 196 valence electrons. The van der Waals surface area contributed by atoms with Gasteiger partial charge in [0.05, 0.1) is 22.1 Å². The van der Waals surface area contributed by atoms with Gasteiger partial charge in [-0.3, -0.25) is 9.59 Å². The highest BCUT2D eigenvalue weighted by Gasteiger charge is 2.24. The van der Waals surface area contributed by atoms with E-state index in [1.807, 2.05) is 39.8 Å². The molecule has 10 nitrogen and oxygen atoms in total. The fraction of sp³-hybridized carbons (Fsp3) is 0.333. The Hall–Kier alpha value is -4.05. The number of aromatic nitrogens is 6. The molecule has 0 unspecified atom stereocenters. The molecule has 0 aliphatic heterocycles. The molecule has 1 atom stereocenters. The van der Waals surface area contributed by atoms with Gasteiger partial charge in [-0.1, -0.05) is 49.7 Å². The number of benzene rings is 1. The third-order valence-electron chi connectivity index (χ3n) is 6.38. The largest absolute Gasteiger partial charge is 0.344 e. The van der Waals surface area contributed by atoms with Gasteiger partial charge < -0.3 is 14.4 Å². The summed E-state index contributed by atoms with van der Waals surface area (Å²) in [4.78, 5) is 35.9. The summed E-state index contributed by atoms with van der Waals surface area (Å²) in [7, 11) is 0. The van der Waals surface area contributed by atoms with E-state index in [4.69, 9.17) is 16.1 Å². The summed E-state index contributed by atoms with van der Waals surface area (Å²) in [6, 6.07) is 8.42. The Morgan fingerprint density at radius 3 is 2.76 bits per heavy atom. The zero-order valence-electron chi connectivity index (χ0n) is 21.8. The smallest absolute Gasteiger partial charge is 0.260 e. The molecule has 0 spiro atoms. The van der Waals surface area contributed by atoms with Crippen LogP contribution in [0, 0.1) is 6.92 Å². The number of rotatable bonds is 6. The van der Waals surface area contributed by atoms with Gasteiger partial charge in [0, 0.05) is 36.5 Å². The number of carbonyl (C=O) groups excluding carboxylic acids is 1. The van der Waals surface area contributed by atoms with Crippen LogP contribution in [0.2, 0.25) is 5.02 Å². The Balaban J connectivity index is 1.51. The van der Waals surface area contributed by atoms with Gasteiger partial charge in [-0.15, -0.1) is 0 Å². The molecular weight excluding hydrogens is 506 g/mol. The molecular formula is C27H28ClN7O3. The van der Waals surface area contributed by atoms with E-state index in [1.54, 1.807) is 46.6 Å². The Morgan fingerprint density at radius 2 is 2.03 bits per heavy atom. The minimum Gasteiger partial charge on any atom is -0.344 e. The van der Waals surface area contributed by atoms with Gasteiger partial charge in [-0.25, -0.2) is 9.50 Å². The molecule has 0 aliphatic carbocycles. The fourth-order valence-electron chi connectivity index (χ4n) is 4.44. The Kier molecular flexibility index (Phi) is 6.52. The van der Waals surface area contributed by atoms with Crippen LogP contribution >= 0.6 is 11.6 Å². The SMILES string of the molecule is Cc1nn2cccnc2c1C(=O)N[C@@H](C)c1cc2cccc(Cl)c2c(=O)n1CCc1noc(C(C)(C)C)n1. The van der Waals surface area contributed by atoms with Gasteiger partial charge in [0.25, 0.3) is 11.5 Å². The van der Waals surface area contributed by atoms with Crippen molar-refractivity contribution in [1.82, 2.24) is 34.6 Å². The molecule has 1 aromatic carbocycles. The molecule has 5 rings (SSSR count). The van der Waals surface area contributed by atoms with E-state index in [1.165, 1.54) is 0 Å². The number of nitrogens with zero attached hydrogens (tertiary/aromatic N) is 6. The van der Waals surface area contributed by atoms with E-state index in [0.29, 0.717) is 56.5 Å². The van der Waals surface area contributed by atoms with Crippen LogP contribution < -0.4 is 10.9 Å². The summed E-state index contributed by atoms with van der Waals surface area (Å²) in [5, 5.41) is 13.0. The monoisotopic (exact) mass is 533 g/mol. The lowest BCUT2D eigenvalue weighted by molar-refractivity contribution is 0.0939. The highest BCUT2D eigenvalue weighted by Crippen LogP contribution is 2.25. The molecule has 0 fully saturated rings. The maximum Gasteiger partial charge on any atom is 0.260 e. The Labute approximate surface area is 223 Å². The van der Waals surface area contributed by atoms with Crippen LogP contribution in [-0.4, -0.2) is 35.2 Å². The average Bonchev–Trinajstić information content (AvgIpc) is 3.47. The van der Waals surface area contributed by atoms with Crippen LogP contribution in [0.5, 0.6) is 0 Å². The maximum absolute atomic E-state index is 13.7. The molecule has 0 aliphatic rings. The highest BCUT2D eigenvalue weighted by molar-refractivity contribution is 6.35. The fourth-order valence-corrected chi connectivity index (χ4v) is 4.71. The standard InChI is InChI=1S/C27H28ClN7O3/c1-15(30-24(36)21-16(2)32-35-12-7-11-29-23(21)35)19-14-17-8-6-9-18(28)22(17)25(37)34(19)13-10-20-31-26(38-33-20)27(3,4)5/h6-9,11-12,14-15H,10,13H2,1-5H3,(H,30,36)/t15-/m0/s1. The minimum atomic E-state index is -0.521. The second-order valence-corrected chi connectivity index (χ2v) is 10.7. The van der Waals surface area contributed by atoms with E-state index in [9.17, 15) is 9.59 Å². The summed E-state index contributed by atoms with van der Waals surface area (Å²) in [5.74, 6) is 0.693. The summed E-state index contributed by atoms with van der Waals surface area (Å²) in [6.07, 6.45) is 3.72. The predicted molar refractivity (Wildman–Crippen MR) is 144 cm³/mol. The second-order valence-electron chi connectivity index (χ2n) is 10.3. The number of amides is 1. The summed E-state index contributed by atoms with van der Waals surface area (Å²) in [6.45, 7) is 9.84. The zero-order chi connectivity index (χ0) is 27.2. The van der Waals surface area contributed by atoms with Crippen molar-refractivity contribution in [3.63, 3.8) is 0 Å². The van der Waals surface area contributed by atoms with Crippen molar-refractivity contribution < 1.29 is 9.32 Å². The number of hydrogen-bond acceptors (Lipinski definition) is 7. The van der Waals surface area contributed by atoms with E-state index >= 15 is 0 Å². The summed E-state index contributed by atoms with van der Waals surface area (Å²) >= 11 is 6.42. The molecule has 0 saturated carbocycles. The van der Waals surface area contributed by atoms with Crippen LogP contribution in [0.15, 0.2) is 52.0 Å². The average molecular weight is 534 g/mol. The van der Waals surface area contributed by atoms with E-state index in [2.05, 4.69) is 25.5 Å². The molecule has 5 aromatic rings. The van der Waals surface area contributed by atoms with E-state index < -0.39 is 6.04 Å². The molecule has 38 heavy (non-hydrogen) atoms. The van der Waals surface area contributed by atoms with Gasteiger partial charge in [-0.2, -0.15) is 10.1 Å². The second kappa shape index (κ2) is 9.68. The van der Waals surface area contributed by atoms with Crippen LogP contribution in [0.4, 0.5) is 0 Å². The van der Waals surface area contributed by atoms with Crippen molar-refractivity contribution in [2.75, 3.05) is 0 Å². The van der Waals surface area contributed by atoms with Crippen molar-refractivity contribution in [2.45, 2.75) is 59.0 Å². The first-order valence-corrected chi connectivity index (χ1v) is 12.7. The van der Waals surface area contributed by atoms with E-state index in [0.717, 1.165) is 0 Å². The maximum atomic E-state index is 13.7. The van der Waals surface area contributed by atoms with Crippen LogP contribution in [-0.2, 0) is 18.4 Å². The predicted octanol–water partition coefficient (Wildman–Crippen LogP) is 4.42. The van der Waals surface area contributed by atoms with Crippen LogP contribution in [0.25, 0.3) is 16.4 Å². The first kappa shape index (κ1) is 25.6. The normalized spacial score (nSPS) is 12.8. The van der Waals surface area contributed by atoms with Crippen molar-refractivity contribution in [2.24, 2.45) is 0 Å². The molecule has 0 radical (unpaired) electrons. The molecule has 0 saturated heterocycles. The zero-order valence-corrected chi connectivity index (χ0v) is 22.6. The number of aryl methyl sites for hydroxylation is 2. The molecule has 1 amide bonds. The van der Waals surface area contributed by atoms with Crippen LogP contribution in [0.3, 0.4) is 0 Å². The summed E-state index contributed by atoms with van der Waals surface area (Å²) < 4.78 is 8.60. The topological polar surface area (TPSA) is 120 Å². The molecule has 11 heteroatoms. The number of hydrogen-bond donors (Lipinski definition) is 1. The first-order valence-electron chi connectivity index (χ1n) is 12.3. The highest BCUT2D eigenvalue weighted by atomic mass is 35.5. The quantitative estimate of drug-likeness (QED) is 0.343. The van der Waals surface area contributed by atoms with Gasteiger partial charge >= 0.3 is 0 Å². The lowest BCUT2D eigenvalue weighted by atomic mass is 9.97. The van der Waals surface area contributed by atoms with Gasteiger partial charge in [0.15, 0.2) is 11.5 Å². The van der Waals surface area contributed by atoms with Gasteiger partial charge in [0.1, 0.15) is 5.56 Å². The van der Waals surface area contributed by atoms with Gasteiger partial charge in [0.2, 0.25) is 5.89 Å². The molecule has 4 aromatic heterocycles. The lowest BCUT2D eigenvalue weighted by Gasteiger charge is -2.21. The lowest BCUT2D eigenvalue weighted by Crippen LogP contribution is -2.33. The minimum absolute atomic E-state index is 0.252. The molecule has 4 heterocycles. The van der Waals surface area contributed by atoms with Gasteiger partial charge in [-0.05, 0) is 37.4 Å². The van der Waals surface area contributed by atoms with Crippen molar-refractivity contribution >= 4 is 33.9 Å². The number of pyridine rings is 1. The molecule has 1 N–H and O–H groups in total. The third-order valence-corrected chi connectivity index (χ3v) is 6.69. The van der Waals surface area contributed by atoms with E-state index in [-0.39, 0.29) is 23.4 Å². The number of carbonyl (C=O) groups is 1. The number of nitrogens with one attached hydrogen (secondary N) is 1.